The summed E-state index contributed by atoms with van der Waals surface area (Å²) < 4.78 is 0. The average Bonchev–Trinajstić information content (AvgIpc) is 2.47. The number of amides is 1. The van der Waals surface area contributed by atoms with Crippen LogP contribution in [0.3, 0.4) is 0 Å². The molecule has 0 aliphatic rings. The normalized spacial score (nSPS) is 10.5. The number of hydrazone groups is 1. The highest BCUT2D eigenvalue weighted by atomic mass is 16.2. The Morgan fingerprint density at radius 2 is 2.29 bits per heavy atom. The predicted molar refractivity (Wildman–Crippen MR) is 73.9 cm³/mol. The fraction of sp³-hybridized carbons (Fsp3) is 0.0909. The number of hydrogen-bond acceptors (Lipinski definition) is 7. The van der Waals surface area contributed by atoms with Crippen LogP contribution in [0.25, 0.3) is 0 Å². The van der Waals surface area contributed by atoms with E-state index >= 15 is 0 Å². The van der Waals surface area contributed by atoms with Crippen LogP contribution in [0.2, 0.25) is 0 Å². The van der Waals surface area contributed by atoms with Gasteiger partial charge in [0.1, 0.15) is 0 Å². The molecule has 0 aliphatic heterocycles. The summed E-state index contributed by atoms with van der Waals surface area (Å²) in [7, 11) is 0. The van der Waals surface area contributed by atoms with E-state index in [9.17, 15) is 14.4 Å². The Labute approximate surface area is 117 Å². The maximum atomic E-state index is 11.5. The van der Waals surface area contributed by atoms with Crippen molar-refractivity contribution in [2.75, 3.05) is 11.9 Å². The molecule has 0 bridgehead atoms. The van der Waals surface area contributed by atoms with Crippen LogP contribution in [-0.2, 0) is 4.79 Å². The molecule has 2 aromatic rings. The van der Waals surface area contributed by atoms with Crippen molar-refractivity contribution in [3.8, 4) is 0 Å². The first-order valence-corrected chi connectivity index (χ1v) is 5.80. The minimum absolute atomic E-state index is 0.166. The summed E-state index contributed by atoms with van der Waals surface area (Å²) in [6.45, 7) is -0.230. The number of carbonyl (C=O) groups is 1. The number of nitrogens with zero attached hydrogens (tertiary/aromatic N) is 3. The van der Waals surface area contributed by atoms with Gasteiger partial charge in [-0.3, -0.25) is 19.6 Å². The monoisotopic (exact) mass is 289 g/mol. The highest BCUT2D eigenvalue weighted by Crippen LogP contribution is 1.89. The van der Waals surface area contributed by atoms with Gasteiger partial charge in [-0.25, -0.2) is 15.3 Å². The van der Waals surface area contributed by atoms with Gasteiger partial charge in [-0.2, -0.15) is 5.10 Å². The van der Waals surface area contributed by atoms with Crippen molar-refractivity contribution >= 4 is 17.9 Å². The molecule has 108 valence electrons. The van der Waals surface area contributed by atoms with Crippen molar-refractivity contribution < 1.29 is 4.79 Å². The zero-order valence-electron chi connectivity index (χ0n) is 10.7. The highest BCUT2D eigenvalue weighted by molar-refractivity contribution is 5.83. The van der Waals surface area contributed by atoms with Gasteiger partial charge < -0.3 is 5.32 Å². The van der Waals surface area contributed by atoms with Crippen molar-refractivity contribution in [3.05, 3.63) is 50.9 Å². The van der Waals surface area contributed by atoms with E-state index in [0.29, 0.717) is 0 Å². The van der Waals surface area contributed by atoms with Crippen LogP contribution in [0, 0.1) is 0 Å². The van der Waals surface area contributed by atoms with E-state index < -0.39 is 17.2 Å². The van der Waals surface area contributed by atoms with Crippen molar-refractivity contribution in [2.24, 2.45) is 5.10 Å². The second kappa shape index (κ2) is 6.75. The van der Waals surface area contributed by atoms with E-state index in [1.165, 1.54) is 6.21 Å². The minimum atomic E-state index is -0.726. The lowest BCUT2D eigenvalue weighted by atomic mass is 10.3. The molecule has 0 saturated carbocycles. The lowest BCUT2D eigenvalue weighted by molar-refractivity contribution is -0.119. The maximum absolute atomic E-state index is 11.5. The molecule has 0 radical (unpaired) electrons. The fourth-order valence-electron chi connectivity index (χ4n) is 1.30. The average molecular weight is 289 g/mol. The van der Waals surface area contributed by atoms with Crippen LogP contribution in [0.1, 0.15) is 5.56 Å². The number of H-pyrrole nitrogens is 2. The molecule has 2 rings (SSSR count). The van der Waals surface area contributed by atoms with Crippen molar-refractivity contribution in [1.82, 2.24) is 25.6 Å². The van der Waals surface area contributed by atoms with E-state index in [-0.39, 0.29) is 12.4 Å². The van der Waals surface area contributed by atoms with E-state index in [1.807, 2.05) is 10.1 Å². The number of aromatic nitrogens is 4. The van der Waals surface area contributed by atoms with E-state index in [1.54, 1.807) is 24.5 Å². The molecular weight excluding hydrogens is 278 g/mol. The smallest absolute Gasteiger partial charge is 0.342 e. The largest absolute Gasteiger partial charge is 0.355 e. The topological polar surface area (TPSA) is 145 Å². The Morgan fingerprint density at radius 3 is 3.00 bits per heavy atom. The fourth-order valence-corrected chi connectivity index (χ4v) is 1.30. The lowest BCUT2D eigenvalue weighted by Crippen LogP contribution is -2.31. The zero-order valence-corrected chi connectivity index (χ0v) is 10.7. The van der Waals surface area contributed by atoms with Crippen LogP contribution in [0.4, 0.5) is 5.82 Å². The quantitative estimate of drug-likeness (QED) is 0.386. The van der Waals surface area contributed by atoms with Crippen molar-refractivity contribution in [1.29, 1.82) is 0 Å². The number of carbonyl (C=O) groups excluding carboxylic acids is 1. The van der Waals surface area contributed by atoms with Gasteiger partial charge in [-0.1, -0.05) is 6.07 Å². The Kier molecular flexibility index (Phi) is 4.54. The molecule has 1 amide bonds. The summed E-state index contributed by atoms with van der Waals surface area (Å²) in [6, 6.07) is 3.50. The molecule has 0 unspecified atom stereocenters. The third-order valence-corrected chi connectivity index (χ3v) is 2.22. The van der Waals surface area contributed by atoms with E-state index in [0.717, 1.165) is 5.56 Å². The highest BCUT2D eigenvalue weighted by Gasteiger charge is 2.04. The maximum Gasteiger partial charge on any atom is 0.342 e. The van der Waals surface area contributed by atoms with Crippen LogP contribution < -0.4 is 22.0 Å². The van der Waals surface area contributed by atoms with Crippen molar-refractivity contribution in [2.45, 2.75) is 0 Å². The van der Waals surface area contributed by atoms with Gasteiger partial charge in [-0.15, -0.1) is 5.10 Å². The van der Waals surface area contributed by atoms with Crippen LogP contribution in [0.15, 0.2) is 39.2 Å². The molecule has 21 heavy (non-hydrogen) atoms. The predicted octanol–water partition coefficient (Wildman–Crippen LogP) is -1.58. The number of pyridine rings is 1. The SMILES string of the molecule is O=C(CNc1n[nH]c(=O)[nH]c1=O)N/N=C\c1cccnc1. The molecule has 10 heteroatoms. The molecule has 2 aromatic heterocycles. The molecule has 0 spiro atoms. The Hall–Kier alpha value is -3.30. The Morgan fingerprint density at radius 1 is 1.43 bits per heavy atom. The summed E-state index contributed by atoms with van der Waals surface area (Å²) in [6.07, 6.45) is 4.63. The van der Waals surface area contributed by atoms with Crippen LogP contribution >= 0.6 is 0 Å². The first kappa shape index (κ1) is 14.1. The first-order chi connectivity index (χ1) is 10.1. The number of nitrogens with one attached hydrogen (secondary N) is 4. The molecule has 10 nitrogen and oxygen atoms in total. The minimum Gasteiger partial charge on any atom is -0.355 e. The van der Waals surface area contributed by atoms with Gasteiger partial charge in [0, 0.05) is 18.0 Å². The molecule has 2 heterocycles. The summed E-state index contributed by atoms with van der Waals surface area (Å²) >= 11 is 0. The molecule has 0 aliphatic carbocycles. The van der Waals surface area contributed by atoms with E-state index in [4.69, 9.17) is 0 Å². The van der Waals surface area contributed by atoms with Crippen LogP contribution in [0.5, 0.6) is 0 Å². The lowest BCUT2D eigenvalue weighted by Gasteiger charge is -2.02. The summed E-state index contributed by atoms with van der Waals surface area (Å²) in [4.78, 5) is 39.4. The molecular formula is C11H11N7O3. The third-order valence-electron chi connectivity index (χ3n) is 2.22. The number of anilines is 1. The van der Waals surface area contributed by atoms with Gasteiger partial charge >= 0.3 is 5.69 Å². The number of rotatable bonds is 5. The first-order valence-electron chi connectivity index (χ1n) is 5.80. The molecule has 0 saturated heterocycles. The van der Waals surface area contributed by atoms with Gasteiger partial charge in [0.2, 0.25) is 5.82 Å². The van der Waals surface area contributed by atoms with Gasteiger partial charge in [0.25, 0.3) is 11.5 Å². The van der Waals surface area contributed by atoms with Gasteiger partial charge in [0.05, 0.1) is 12.8 Å². The second-order valence-corrected chi connectivity index (χ2v) is 3.79. The molecule has 0 aromatic carbocycles. The zero-order chi connectivity index (χ0) is 15.1. The Bertz CT molecular complexity index is 750. The summed E-state index contributed by atoms with van der Waals surface area (Å²) in [5.74, 6) is -0.650. The van der Waals surface area contributed by atoms with Gasteiger partial charge in [-0.05, 0) is 6.07 Å². The second-order valence-electron chi connectivity index (χ2n) is 3.79. The third kappa shape index (κ3) is 4.38. The molecule has 0 atom stereocenters. The van der Waals surface area contributed by atoms with Crippen LogP contribution in [-0.4, -0.2) is 38.8 Å². The molecule has 4 N–H and O–H groups in total. The summed E-state index contributed by atoms with van der Waals surface area (Å²) in [5.41, 5.74) is 1.54. The number of hydrogen-bond donors (Lipinski definition) is 4. The standard InChI is InChI=1S/C11H11N7O3/c19-8(16-14-5-7-2-1-3-12-4-7)6-13-9-10(20)15-11(21)18-17-9/h1-5H,6H2,(H,13,17)(H,16,19)(H2,15,18,20,21)/b14-5-. The summed E-state index contributed by atoms with van der Waals surface area (Å²) in [5, 5.41) is 11.7. The van der Waals surface area contributed by atoms with Gasteiger partial charge in [0.15, 0.2) is 0 Å². The molecule has 0 fully saturated rings. The number of aromatic amines is 2. The van der Waals surface area contributed by atoms with Crippen molar-refractivity contribution in [3.63, 3.8) is 0 Å². The Balaban J connectivity index is 1.84. The van der Waals surface area contributed by atoms with E-state index in [2.05, 4.69) is 25.9 Å².